The van der Waals surface area contributed by atoms with E-state index >= 15 is 0 Å². The number of hydrogen-bond donors (Lipinski definition) is 0. The fraction of sp³-hybridized carbons (Fsp3) is 0.200. The Balaban J connectivity index is 1.62. The number of benzene rings is 2. The van der Waals surface area contributed by atoms with Crippen LogP contribution in [0.15, 0.2) is 75.6 Å². The fourth-order valence-electron chi connectivity index (χ4n) is 2.66. The minimum Gasteiger partial charge on any atom is -0.371 e. The molecule has 0 aliphatic heterocycles. The molecule has 0 radical (unpaired) electrons. The second-order valence-electron chi connectivity index (χ2n) is 5.95. The summed E-state index contributed by atoms with van der Waals surface area (Å²) in [6, 6.07) is 16.1. The molecule has 3 aromatic rings. The van der Waals surface area contributed by atoms with Gasteiger partial charge in [0.05, 0.1) is 16.3 Å². The first-order valence-electron chi connectivity index (χ1n) is 8.68. The van der Waals surface area contributed by atoms with Gasteiger partial charge in [-0.1, -0.05) is 0 Å². The molecular formula is C20H20N4O2S. The van der Waals surface area contributed by atoms with E-state index in [4.69, 9.17) is 0 Å². The number of rotatable bonds is 8. The highest BCUT2D eigenvalue weighted by Gasteiger charge is 2.06. The zero-order valence-corrected chi connectivity index (χ0v) is 15.8. The lowest BCUT2D eigenvalue weighted by Crippen LogP contribution is -2.25. The molecule has 0 unspecified atom stereocenters. The number of thiophene rings is 1. The SMILES string of the molecule is CCN(CCc1ccsc1)c1ccc(N=Nc2ccc([N+](=O)[O-])cc2)cc1. The van der Waals surface area contributed by atoms with Crippen LogP contribution in [0.1, 0.15) is 12.5 Å². The number of nitrogens with zero attached hydrogens (tertiary/aromatic N) is 4. The van der Waals surface area contributed by atoms with Crippen molar-refractivity contribution in [2.45, 2.75) is 13.3 Å². The minimum atomic E-state index is -0.433. The van der Waals surface area contributed by atoms with Gasteiger partial charge >= 0.3 is 0 Å². The van der Waals surface area contributed by atoms with Crippen molar-refractivity contribution in [3.05, 3.63) is 81.0 Å². The lowest BCUT2D eigenvalue weighted by molar-refractivity contribution is -0.384. The third kappa shape index (κ3) is 5.21. The van der Waals surface area contributed by atoms with Crippen molar-refractivity contribution in [3.8, 4) is 0 Å². The summed E-state index contributed by atoms with van der Waals surface area (Å²) in [4.78, 5) is 12.6. The molecule has 138 valence electrons. The fourth-order valence-corrected chi connectivity index (χ4v) is 3.36. The van der Waals surface area contributed by atoms with Gasteiger partial charge in [-0.3, -0.25) is 10.1 Å². The van der Waals surface area contributed by atoms with Crippen molar-refractivity contribution in [1.29, 1.82) is 0 Å². The normalized spacial score (nSPS) is 11.0. The van der Waals surface area contributed by atoms with Crippen LogP contribution in [0.3, 0.4) is 0 Å². The largest absolute Gasteiger partial charge is 0.371 e. The van der Waals surface area contributed by atoms with Gasteiger partial charge in [0.25, 0.3) is 5.69 Å². The van der Waals surface area contributed by atoms with Crippen molar-refractivity contribution in [2.24, 2.45) is 10.2 Å². The van der Waals surface area contributed by atoms with E-state index in [2.05, 4.69) is 38.9 Å². The Kier molecular flexibility index (Phi) is 6.27. The molecule has 0 spiro atoms. The molecule has 0 fully saturated rings. The van der Waals surface area contributed by atoms with Crippen LogP contribution in [0, 0.1) is 10.1 Å². The second-order valence-corrected chi connectivity index (χ2v) is 6.73. The maximum atomic E-state index is 10.7. The summed E-state index contributed by atoms with van der Waals surface area (Å²) in [5.41, 5.74) is 3.89. The average molecular weight is 380 g/mol. The van der Waals surface area contributed by atoms with E-state index in [1.54, 1.807) is 23.5 Å². The molecule has 1 heterocycles. The number of nitro groups is 1. The number of hydrogen-bond acceptors (Lipinski definition) is 6. The van der Waals surface area contributed by atoms with Crippen molar-refractivity contribution < 1.29 is 4.92 Å². The van der Waals surface area contributed by atoms with Crippen LogP contribution >= 0.6 is 11.3 Å². The molecule has 0 saturated carbocycles. The predicted octanol–water partition coefficient (Wildman–Crippen LogP) is 6.14. The highest BCUT2D eigenvalue weighted by Crippen LogP contribution is 2.24. The standard InChI is InChI=1S/C20H20N4O2S/c1-2-23(13-11-16-12-14-27-15-16)19-7-3-17(4-8-19)21-22-18-5-9-20(10-6-18)24(25)26/h3-10,12,14-15H,2,11,13H2,1H3. The molecule has 0 saturated heterocycles. The van der Waals surface area contributed by atoms with Gasteiger partial charge in [-0.2, -0.15) is 21.6 Å². The van der Waals surface area contributed by atoms with Gasteiger partial charge in [-0.05, 0) is 72.1 Å². The van der Waals surface area contributed by atoms with E-state index in [9.17, 15) is 10.1 Å². The van der Waals surface area contributed by atoms with E-state index in [0.29, 0.717) is 5.69 Å². The number of likely N-dealkylation sites (N-methyl/N-ethyl adjacent to an activating group) is 1. The maximum absolute atomic E-state index is 10.7. The summed E-state index contributed by atoms with van der Waals surface area (Å²) in [6.07, 6.45) is 1.03. The Morgan fingerprint density at radius 2 is 1.63 bits per heavy atom. The summed E-state index contributed by atoms with van der Waals surface area (Å²) in [7, 11) is 0. The van der Waals surface area contributed by atoms with E-state index in [1.165, 1.54) is 17.7 Å². The highest BCUT2D eigenvalue weighted by molar-refractivity contribution is 7.07. The molecule has 1 aromatic heterocycles. The molecule has 27 heavy (non-hydrogen) atoms. The molecule has 6 nitrogen and oxygen atoms in total. The zero-order valence-electron chi connectivity index (χ0n) is 15.0. The average Bonchev–Trinajstić information content (AvgIpc) is 3.21. The minimum absolute atomic E-state index is 0.0420. The van der Waals surface area contributed by atoms with Gasteiger partial charge in [0.2, 0.25) is 0 Å². The summed E-state index contributed by atoms with van der Waals surface area (Å²) in [6.45, 7) is 4.06. The van der Waals surface area contributed by atoms with Crippen LogP contribution < -0.4 is 4.90 Å². The maximum Gasteiger partial charge on any atom is 0.269 e. The quantitative estimate of drug-likeness (QED) is 0.268. The van der Waals surface area contributed by atoms with Crippen LogP contribution in [0.4, 0.5) is 22.7 Å². The predicted molar refractivity (Wildman–Crippen MR) is 110 cm³/mol. The lowest BCUT2D eigenvalue weighted by Gasteiger charge is -2.23. The number of azo groups is 1. The molecular weight excluding hydrogens is 360 g/mol. The Labute approximate surface area is 162 Å². The van der Waals surface area contributed by atoms with Gasteiger partial charge in [0.1, 0.15) is 0 Å². The molecule has 0 bridgehead atoms. The second kappa shape index (κ2) is 9.05. The monoisotopic (exact) mass is 380 g/mol. The van der Waals surface area contributed by atoms with Crippen molar-refractivity contribution in [2.75, 3.05) is 18.0 Å². The summed E-state index contributed by atoms with van der Waals surface area (Å²) < 4.78 is 0. The Morgan fingerprint density at radius 3 is 2.15 bits per heavy atom. The molecule has 0 aliphatic rings. The Bertz CT molecular complexity index is 891. The first kappa shape index (κ1) is 18.7. The Morgan fingerprint density at radius 1 is 1.00 bits per heavy atom. The van der Waals surface area contributed by atoms with Crippen LogP contribution in [0.2, 0.25) is 0 Å². The van der Waals surface area contributed by atoms with Gasteiger partial charge < -0.3 is 4.90 Å². The van der Waals surface area contributed by atoms with Crippen LogP contribution in [0.25, 0.3) is 0 Å². The molecule has 0 atom stereocenters. The van der Waals surface area contributed by atoms with E-state index in [0.717, 1.165) is 30.9 Å². The first-order chi connectivity index (χ1) is 13.2. The number of non-ortho nitro benzene ring substituents is 1. The van der Waals surface area contributed by atoms with Crippen molar-refractivity contribution in [3.63, 3.8) is 0 Å². The van der Waals surface area contributed by atoms with E-state index < -0.39 is 4.92 Å². The summed E-state index contributed by atoms with van der Waals surface area (Å²) >= 11 is 1.73. The first-order valence-corrected chi connectivity index (χ1v) is 9.62. The third-order valence-electron chi connectivity index (χ3n) is 4.19. The van der Waals surface area contributed by atoms with E-state index in [1.807, 2.05) is 24.3 Å². The van der Waals surface area contributed by atoms with Gasteiger partial charge in [-0.25, -0.2) is 0 Å². The molecule has 2 aromatic carbocycles. The van der Waals surface area contributed by atoms with Gasteiger partial charge in [-0.15, -0.1) is 0 Å². The molecule has 0 amide bonds. The van der Waals surface area contributed by atoms with Crippen molar-refractivity contribution in [1.82, 2.24) is 0 Å². The van der Waals surface area contributed by atoms with Gasteiger partial charge in [0.15, 0.2) is 0 Å². The van der Waals surface area contributed by atoms with Crippen LogP contribution in [0.5, 0.6) is 0 Å². The molecule has 3 rings (SSSR count). The third-order valence-corrected chi connectivity index (χ3v) is 4.92. The lowest BCUT2D eigenvalue weighted by atomic mass is 10.2. The van der Waals surface area contributed by atoms with Gasteiger partial charge in [0, 0.05) is 30.9 Å². The number of nitro benzene ring substituents is 1. The highest BCUT2D eigenvalue weighted by atomic mass is 32.1. The topological polar surface area (TPSA) is 71.1 Å². The van der Waals surface area contributed by atoms with E-state index in [-0.39, 0.29) is 5.69 Å². The summed E-state index contributed by atoms with van der Waals surface area (Å²) in [5, 5.41) is 23.3. The molecule has 0 aliphatic carbocycles. The number of anilines is 1. The molecule has 0 N–H and O–H groups in total. The van der Waals surface area contributed by atoms with Crippen LogP contribution in [-0.4, -0.2) is 18.0 Å². The molecule has 7 heteroatoms. The zero-order chi connectivity index (χ0) is 19.1. The Hall–Kier alpha value is -3.06. The van der Waals surface area contributed by atoms with Crippen molar-refractivity contribution >= 4 is 34.1 Å². The van der Waals surface area contributed by atoms with Crippen LogP contribution in [-0.2, 0) is 6.42 Å². The summed E-state index contributed by atoms with van der Waals surface area (Å²) in [5.74, 6) is 0. The smallest absolute Gasteiger partial charge is 0.269 e.